The lowest BCUT2D eigenvalue weighted by Crippen LogP contribution is -1.93. The highest BCUT2D eigenvalue weighted by Gasteiger charge is 2.14. The molecule has 0 unspecified atom stereocenters. The normalized spacial score (nSPS) is 11.1. The van der Waals surface area contributed by atoms with Gasteiger partial charge >= 0.3 is 0 Å². The maximum absolute atomic E-state index is 11.1. The van der Waals surface area contributed by atoms with Crippen molar-refractivity contribution in [1.82, 2.24) is 9.13 Å². The van der Waals surface area contributed by atoms with E-state index in [1.54, 1.807) is 0 Å². The van der Waals surface area contributed by atoms with Crippen LogP contribution >= 0.6 is 31.9 Å². The zero-order valence-electron chi connectivity index (χ0n) is 23.3. The van der Waals surface area contributed by atoms with Crippen LogP contribution in [-0.4, -0.2) is 21.7 Å². The number of para-hydroxylation sites is 2. The summed E-state index contributed by atoms with van der Waals surface area (Å²) in [6, 6.07) is 44.7. The van der Waals surface area contributed by atoms with Gasteiger partial charge in [-0.05, 0) is 97.1 Å². The molecule has 0 amide bonds. The van der Waals surface area contributed by atoms with Gasteiger partial charge in [-0.3, -0.25) is 9.59 Å². The van der Waals surface area contributed by atoms with E-state index in [2.05, 4.69) is 102 Å². The Hall–Kier alpha value is -4.78. The van der Waals surface area contributed by atoms with Gasteiger partial charge in [-0.2, -0.15) is 0 Å². The molecule has 0 aliphatic carbocycles. The Morgan fingerprint density at radius 2 is 0.750 bits per heavy atom. The molecule has 0 atom stereocenters. The molecule has 0 fully saturated rings. The van der Waals surface area contributed by atoms with Crippen LogP contribution in [0.25, 0.3) is 55.0 Å². The van der Waals surface area contributed by atoms with E-state index in [1.807, 2.05) is 72.8 Å². The first-order valence-electron chi connectivity index (χ1n) is 14.0. The Balaban J connectivity index is 0.000000143. The number of benzene rings is 6. The highest BCUT2D eigenvalue weighted by Crippen LogP contribution is 2.35. The first-order valence-corrected chi connectivity index (χ1v) is 15.6. The van der Waals surface area contributed by atoms with E-state index in [0.717, 1.165) is 49.0 Å². The van der Waals surface area contributed by atoms with Crippen molar-refractivity contribution in [2.75, 3.05) is 0 Å². The van der Waals surface area contributed by atoms with Crippen LogP contribution in [0.2, 0.25) is 0 Å². The third-order valence-corrected chi connectivity index (χ3v) is 8.79. The number of aromatic nitrogens is 2. The van der Waals surface area contributed by atoms with E-state index in [4.69, 9.17) is 0 Å². The van der Waals surface area contributed by atoms with Crippen molar-refractivity contribution in [3.8, 4) is 11.4 Å². The van der Waals surface area contributed by atoms with Gasteiger partial charge in [-0.25, -0.2) is 0 Å². The molecule has 44 heavy (non-hydrogen) atoms. The number of hydrogen-bond donors (Lipinski definition) is 0. The number of fused-ring (bicyclic) bond motifs is 6. The minimum Gasteiger partial charge on any atom is -0.309 e. The molecule has 0 saturated carbocycles. The Morgan fingerprint density at radius 3 is 1.11 bits per heavy atom. The summed E-state index contributed by atoms with van der Waals surface area (Å²) in [6.45, 7) is 0. The molecule has 0 bridgehead atoms. The third kappa shape index (κ3) is 4.96. The molecule has 8 rings (SSSR count). The number of nitrogens with zero attached hydrogens (tertiary/aromatic N) is 2. The third-order valence-electron chi connectivity index (χ3n) is 7.80. The van der Waals surface area contributed by atoms with E-state index >= 15 is 0 Å². The molecule has 4 nitrogen and oxygen atoms in total. The molecular formula is C38H24Br2N2O2. The quantitative estimate of drug-likeness (QED) is 0.172. The van der Waals surface area contributed by atoms with Crippen LogP contribution in [0.1, 0.15) is 20.7 Å². The largest absolute Gasteiger partial charge is 0.309 e. The van der Waals surface area contributed by atoms with E-state index < -0.39 is 0 Å². The molecule has 6 heteroatoms. The molecule has 8 aromatic rings. The number of aldehydes is 2. The summed E-state index contributed by atoms with van der Waals surface area (Å²) in [4.78, 5) is 22.2. The molecular weight excluding hydrogens is 676 g/mol. The van der Waals surface area contributed by atoms with E-state index in [0.29, 0.717) is 11.1 Å². The standard InChI is InChI=1S/C20H13NO2.C18H11Br2N/c22-12-14-6-8-19-17(10-14)18-11-15(13-23)7-9-20(18)21(19)16-4-2-1-3-5-16;19-12-6-8-17-15(10-12)16-11-13(20)7-9-18(16)21(17)14-4-2-1-3-5-14/h1-13H;1-11H. The van der Waals surface area contributed by atoms with E-state index in [1.165, 1.54) is 27.5 Å². The van der Waals surface area contributed by atoms with E-state index in [-0.39, 0.29) is 0 Å². The first kappa shape index (κ1) is 28.0. The number of rotatable bonds is 4. The maximum atomic E-state index is 11.1. The smallest absolute Gasteiger partial charge is 0.150 e. The zero-order chi connectivity index (χ0) is 30.2. The van der Waals surface area contributed by atoms with Crippen LogP contribution in [0.3, 0.4) is 0 Å². The van der Waals surface area contributed by atoms with Gasteiger partial charge < -0.3 is 9.13 Å². The monoisotopic (exact) mass is 698 g/mol. The molecule has 212 valence electrons. The average molecular weight is 700 g/mol. The van der Waals surface area contributed by atoms with E-state index in [9.17, 15) is 9.59 Å². The highest BCUT2D eigenvalue weighted by atomic mass is 79.9. The summed E-state index contributed by atoms with van der Waals surface area (Å²) >= 11 is 7.16. The molecule has 0 N–H and O–H groups in total. The molecule has 2 heterocycles. The lowest BCUT2D eigenvalue weighted by molar-refractivity contribution is 0.111. The van der Waals surface area contributed by atoms with Gasteiger partial charge in [-0.15, -0.1) is 0 Å². The minimum absolute atomic E-state index is 0.626. The van der Waals surface area contributed by atoms with Crippen LogP contribution in [-0.2, 0) is 0 Å². The lowest BCUT2D eigenvalue weighted by atomic mass is 10.1. The summed E-state index contributed by atoms with van der Waals surface area (Å²) in [5.41, 5.74) is 7.95. The van der Waals surface area contributed by atoms with Crippen molar-refractivity contribution >= 4 is 88.0 Å². The molecule has 0 spiro atoms. The van der Waals surface area contributed by atoms with Crippen LogP contribution in [0.4, 0.5) is 0 Å². The van der Waals surface area contributed by atoms with Gasteiger partial charge in [0.15, 0.2) is 0 Å². The number of halogens is 2. The predicted octanol–water partition coefficient (Wildman–Crippen LogP) is 10.7. The second-order valence-electron chi connectivity index (χ2n) is 10.5. The van der Waals surface area contributed by atoms with Crippen LogP contribution in [0.15, 0.2) is 142 Å². The number of hydrogen-bond acceptors (Lipinski definition) is 2. The minimum atomic E-state index is 0.626. The van der Waals surface area contributed by atoms with Crippen molar-refractivity contribution in [3.05, 3.63) is 154 Å². The Bertz CT molecular complexity index is 2210. The van der Waals surface area contributed by atoms with Gasteiger partial charge in [0.25, 0.3) is 0 Å². The maximum Gasteiger partial charge on any atom is 0.150 e. The van der Waals surface area contributed by atoms with Crippen molar-refractivity contribution < 1.29 is 9.59 Å². The molecule has 0 saturated heterocycles. The fourth-order valence-electron chi connectivity index (χ4n) is 5.88. The lowest BCUT2D eigenvalue weighted by Gasteiger charge is -2.07. The molecule has 6 aromatic carbocycles. The topological polar surface area (TPSA) is 44.0 Å². The van der Waals surface area contributed by atoms with Crippen molar-refractivity contribution in [3.63, 3.8) is 0 Å². The van der Waals surface area contributed by atoms with Crippen molar-refractivity contribution in [2.24, 2.45) is 0 Å². The predicted molar refractivity (Wildman–Crippen MR) is 188 cm³/mol. The Morgan fingerprint density at radius 1 is 0.409 bits per heavy atom. The van der Waals surface area contributed by atoms with Gasteiger partial charge in [0.05, 0.1) is 22.1 Å². The summed E-state index contributed by atoms with van der Waals surface area (Å²) < 4.78 is 6.65. The Labute approximate surface area is 270 Å². The van der Waals surface area contributed by atoms with Crippen molar-refractivity contribution in [2.45, 2.75) is 0 Å². The van der Waals surface area contributed by atoms with Gasteiger partial charge in [0.2, 0.25) is 0 Å². The zero-order valence-corrected chi connectivity index (χ0v) is 26.5. The Kier molecular flexibility index (Phi) is 7.46. The SMILES string of the molecule is Brc1ccc2c(c1)c1cc(Br)ccc1n2-c1ccccc1.O=Cc1ccc2c(c1)c1cc(C=O)ccc1n2-c1ccccc1. The average Bonchev–Trinajstić information content (AvgIpc) is 3.56. The highest BCUT2D eigenvalue weighted by molar-refractivity contribution is 9.10. The summed E-state index contributed by atoms with van der Waals surface area (Å²) in [6.07, 6.45) is 1.68. The first-order chi connectivity index (χ1) is 21.6. The van der Waals surface area contributed by atoms with Gasteiger partial charge in [0, 0.05) is 53.0 Å². The van der Waals surface area contributed by atoms with Crippen molar-refractivity contribution in [1.29, 1.82) is 0 Å². The van der Waals surface area contributed by atoms with Crippen LogP contribution < -0.4 is 0 Å². The number of carbonyl (C=O) groups is 2. The summed E-state index contributed by atoms with van der Waals surface area (Å²) in [7, 11) is 0. The fraction of sp³-hybridized carbons (Fsp3) is 0. The fourth-order valence-corrected chi connectivity index (χ4v) is 6.61. The van der Waals surface area contributed by atoms with Gasteiger partial charge in [0.1, 0.15) is 12.6 Å². The molecule has 0 radical (unpaired) electrons. The van der Waals surface area contributed by atoms with Gasteiger partial charge in [-0.1, -0.05) is 68.3 Å². The summed E-state index contributed by atoms with van der Waals surface area (Å²) in [5.74, 6) is 0. The van der Waals surface area contributed by atoms with Crippen LogP contribution in [0, 0.1) is 0 Å². The van der Waals surface area contributed by atoms with Crippen LogP contribution in [0.5, 0.6) is 0 Å². The molecule has 2 aromatic heterocycles. The number of carbonyl (C=O) groups excluding carboxylic acids is 2. The molecule has 0 aliphatic rings. The summed E-state index contributed by atoms with van der Waals surface area (Å²) in [5, 5.41) is 4.45. The second-order valence-corrected chi connectivity index (χ2v) is 12.3. The molecule has 0 aliphatic heterocycles. The second kappa shape index (κ2) is 11.7.